The van der Waals surface area contributed by atoms with Crippen LogP contribution >= 0.6 is 0 Å². The highest BCUT2D eigenvalue weighted by Crippen LogP contribution is 2.21. The highest BCUT2D eigenvalue weighted by molar-refractivity contribution is 5.99. The monoisotopic (exact) mass is 441 g/mol. The molecule has 1 aliphatic heterocycles. The zero-order valence-electron chi connectivity index (χ0n) is 16.4. The van der Waals surface area contributed by atoms with E-state index >= 15 is 0 Å². The van der Waals surface area contributed by atoms with Crippen LogP contribution in [0.25, 0.3) is 0 Å². The van der Waals surface area contributed by atoms with Crippen LogP contribution < -0.4 is 10.7 Å². The number of alkyl halides is 1. The molecule has 0 saturated heterocycles. The van der Waals surface area contributed by atoms with Gasteiger partial charge in [0.1, 0.15) is 23.0 Å². The molecule has 166 valence electrons. The number of amides is 2. The lowest BCUT2D eigenvalue weighted by Crippen LogP contribution is -2.43. The van der Waals surface area contributed by atoms with Gasteiger partial charge in [0.2, 0.25) is 5.43 Å². The molecule has 0 saturated carbocycles. The molecule has 3 rings (SSSR count). The van der Waals surface area contributed by atoms with Crippen molar-refractivity contribution in [3.05, 3.63) is 62.8 Å². The topological polar surface area (TPSA) is 91.6 Å². The molecule has 2 N–H and O–H groups in total. The second-order valence-corrected chi connectivity index (χ2v) is 7.15. The van der Waals surface area contributed by atoms with Gasteiger partial charge in [0.25, 0.3) is 11.8 Å². The first-order chi connectivity index (χ1) is 14.6. The van der Waals surface area contributed by atoms with Crippen molar-refractivity contribution in [2.75, 3.05) is 13.1 Å². The summed E-state index contributed by atoms with van der Waals surface area (Å²) < 4.78 is 54.7. The molecule has 1 aromatic heterocycles. The quantitative estimate of drug-likeness (QED) is 0.672. The van der Waals surface area contributed by atoms with Gasteiger partial charge in [-0.05, 0) is 13.3 Å². The van der Waals surface area contributed by atoms with Crippen molar-refractivity contribution in [1.29, 1.82) is 0 Å². The Hall–Kier alpha value is -3.37. The van der Waals surface area contributed by atoms with Crippen molar-refractivity contribution in [3.8, 4) is 5.75 Å². The molecule has 11 heteroatoms. The Morgan fingerprint density at radius 1 is 1.19 bits per heavy atom. The Bertz CT molecular complexity index is 1080. The zero-order chi connectivity index (χ0) is 22.9. The van der Waals surface area contributed by atoms with E-state index in [1.807, 2.05) is 0 Å². The number of fused-ring (bicyclic) bond motifs is 1. The zero-order valence-corrected chi connectivity index (χ0v) is 16.4. The number of carbonyl (C=O) groups excluding carboxylic acids is 2. The Kier molecular flexibility index (Phi) is 6.32. The summed E-state index contributed by atoms with van der Waals surface area (Å²) in [6, 6.07) is 0.899. The van der Waals surface area contributed by atoms with Gasteiger partial charge in [-0.1, -0.05) is 0 Å². The maximum Gasteiger partial charge on any atom is 0.274 e. The predicted molar refractivity (Wildman–Crippen MR) is 101 cm³/mol. The number of aromatic hydroxyl groups is 1. The summed E-state index contributed by atoms with van der Waals surface area (Å²) in [5.41, 5.74) is -2.61. The Labute approximate surface area is 173 Å². The van der Waals surface area contributed by atoms with Crippen LogP contribution in [0.1, 0.15) is 39.8 Å². The highest BCUT2D eigenvalue weighted by Gasteiger charge is 2.30. The van der Waals surface area contributed by atoms with E-state index in [4.69, 9.17) is 0 Å². The average Bonchev–Trinajstić information content (AvgIpc) is 2.68. The summed E-state index contributed by atoms with van der Waals surface area (Å²) in [7, 11) is 0. The molecule has 2 aromatic rings. The molecule has 2 amide bonds. The molecule has 1 unspecified atom stereocenters. The SMILES string of the molecule is CC(F)CCN1CCn2cc(C(=O)NCc3c(F)cc(F)cc3F)c(=O)c(O)c2C1=O. The van der Waals surface area contributed by atoms with Crippen molar-refractivity contribution < 1.29 is 32.3 Å². The number of carbonyl (C=O) groups is 2. The molecular formula is C20H19F4N3O4. The van der Waals surface area contributed by atoms with Crippen LogP contribution in [0.3, 0.4) is 0 Å². The fraction of sp³-hybridized carbons (Fsp3) is 0.350. The van der Waals surface area contributed by atoms with E-state index in [-0.39, 0.29) is 31.7 Å². The van der Waals surface area contributed by atoms with Crippen LogP contribution in [0.4, 0.5) is 17.6 Å². The molecule has 31 heavy (non-hydrogen) atoms. The van der Waals surface area contributed by atoms with E-state index < -0.39 is 64.3 Å². The van der Waals surface area contributed by atoms with Crippen molar-refractivity contribution in [3.63, 3.8) is 0 Å². The van der Waals surface area contributed by atoms with E-state index in [0.29, 0.717) is 12.1 Å². The van der Waals surface area contributed by atoms with Gasteiger partial charge in [0.15, 0.2) is 11.4 Å². The van der Waals surface area contributed by atoms with E-state index in [0.717, 1.165) is 6.20 Å². The fourth-order valence-corrected chi connectivity index (χ4v) is 3.24. The molecule has 0 aliphatic carbocycles. The summed E-state index contributed by atoms with van der Waals surface area (Å²) in [5, 5.41) is 12.4. The Morgan fingerprint density at radius 2 is 1.84 bits per heavy atom. The van der Waals surface area contributed by atoms with Gasteiger partial charge in [0.05, 0.1) is 6.17 Å². The van der Waals surface area contributed by atoms with Crippen LogP contribution in [0, 0.1) is 17.5 Å². The van der Waals surface area contributed by atoms with Gasteiger partial charge >= 0.3 is 0 Å². The number of nitrogens with one attached hydrogen (secondary N) is 1. The number of pyridine rings is 1. The van der Waals surface area contributed by atoms with Crippen LogP contribution in [-0.4, -0.2) is 45.6 Å². The minimum absolute atomic E-state index is 0.0910. The molecule has 1 atom stereocenters. The second kappa shape index (κ2) is 8.78. The molecule has 0 fully saturated rings. The number of halogens is 4. The number of rotatable bonds is 6. The number of nitrogens with zero attached hydrogens (tertiary/aromatic N) is 2. The van der Waals surface area contributed by atoms with Gasteiger partial charge in [-0.3, -0.25) is 14.4 Å². The first-order valence-electron chi connectivity index (χ1n) is 9.41. The molecule has 2 heterocycles. The van der Waals surface area contributed by atoms with Crippen LogP contribution in [0.5, 0.6) is 5.75 Å². The highest BCUT2D eigenvalue weighted by atomic mass is 19.1. The van der Waals surface area contributed by atoms with Crippen molar-refractivity contribution in [2.24, 2.45) is 0 Å². The van der Waals surface area contributed by atoms with Crippen LogP contribution in [0.2, 0.25) is 0 Å². The van der Waals surface area contributed by atoms with Gasteiger partial charge in [0, 0.05) is 50.1 Å². The van der Waals surface area contributed by atoms with Gasteiger partial charge in [-0.25, -0.2) is 17.6 Å². The van der Waals surface area contributed by atoms with Gasteiger partial charge < -0.3 is 19.9 Å². The lowest BCUT2D eigenvalue weighted by molar-refractivity contribution is 0.0682. The molecule has 0 spiro atoms. The van der Waals surface area contributed by atoms with E-state index in [1.165, 1.54) is 16.4 Å². The lowest BCUT2D eigenvalue weighted by atomic mass is 10.1. The van der Waals surface area contributed by atoms with Crippen molar-refractivity contribution >= 4 is 11.8 Å². The summed E-state index contributed by atoms with van der Waals surface area (Å²) in [4.78, 5) is 38.7. The lowest BCUT2D eigenvalue weighted by Gasteiger charge is -2.30. The average molecular weight is 441 g/mol. The molecule has 7 nitrogen and oxygen atoms in total. The smallest absolute Gasteiger partial charge is 0.274 e. The normalized spacial score (nSPS) is 14.4. The number of hydrogen-bond acceptors (Lipinski definition) is 4. The Balaban J connectivity index is 1.83. The summed E-state index contributed by atoms with van der Waals surface area (Å²) in [5.74, 6) is -6.21. The number of benzene rings is 1. The molecule has 1 aromatic carbocycles. The summed E-state index contributed by atoms with van der Waals surface area (Å²) in [6.45, 7) is 1.08. The van der Waals surface area contributed by atoms with E-state index in [2.05, 4.69) is 5.32 Å². The van der Waals surface area contributed by atoms with Gasteiger partial charge in [-0.2, -0.15) is 0 Å². The summed E-state index contributed by atoms with van der Waals surface area (Å²) >= 11 is 0. The minimum Gasteiger partial charge on any atom is -0.503 e. The van der Waals surface area contributed by atoms with Crippen LogP contribution in [0.15, 0.2) is 23.1 Å². The standard InChI is InChI=1S/C20H19F4N3O4/c1-10(21)2-3-26-4-5-27-9-13(17(28)18(29)16(27)20(26)31)19(30)25-8-12-14(23)6-11(22)7-15(12)24/h6-7,9-10,29H,2-5,8H2,1H3,(H,25,30). The molecular weight excluding hydrogens is 422 g/mol. The number of aromatic nitrogens is 1. The Morgan fingerprint density at radius 3 is 2.45 bits per heavy atom. The van der Waals surface area contributed by atoms with Crippen molar-refractivity contribution in [1.82, 2.24) is 14.8 Å². The van der Waals surface area contributed by atoms with E-state index in [1.54, 1.807) is 0 Å². The summed E-state index contributed by atoms with van der Waals surface area (Å²) in [6.07, 6.45) is 0.0255. The third-order valence-electron chi connectivity index (χ3n) is 4.93. The van der Waals surface area contributed by atoms with Gasteiger partial charge in [-0.15, -0.1) is 0 Å². The molecule has 0 radical (unpaired) electrons. The third-order valence-corrected chi connectivity index (χ3v) is 4.93. The van der Waals surface area contributed by atoms with E-state index in [9.17, 15) is 37.1 Å². The molecule has 0 bridgehead atoms. The number of hydrogen-bond donors (Lipinski definition) is 2. The largest absolute Gasteiger partial charge is 0.503 e. The minimum atomic E-state index is -1.21. The van der Waals surface area contributed by atoms with Crippen LogP contribution in [-0.2, 0) is 13.1 Å². The maximum atomic E-state index is 13.7. The third kappa shape index (κ3) is 4.54. The maximum absolute atomic E-state index is 13.7. The first kappa shape index (κ1) is 22.3. The molecule has 1 aliphatic rings. The fourth-order valence-electron chi connectivity index (χ4n) is 3.24. The van der Waals surface area contributed by atoms with Crippen molar-refractivity contribution in [2.45, 2.75) is 32.6 Å². The predicted octanol–water partition coefficient (Wildman–Crippen LogP) is 2.11. The first-order valence-corrected chi connectivity index (χ1v) is 9.41. The second-order valence-electron chi connectivity index (χ2n) is 7.15.